The molecule has 1 fully saturated rings. The van der Waals surface area contributed by atoms with E-state index in [0.29, 0.717) is 0 Å². The van der Waals surface area contributed by atoms with E-state index in [9.17, 15) is 0 Å². The Kier molecular flexibility index (Phi) is 11.9. The van der Waals surface area contributed by atoms with Crippen LogP contribution in [0.1, 0.15) is 43.4 Å². The minimum Gasteiger partial charge on any atom is -0.381 e. The highest BCUT2D eigenvalue weighted by atomic mass is 127. The third kappa shape index (κ3) is 7.40. The highest BCUT2D eigenvalue weighted by molar-refractivity contribution is 14.0. The first-order valence-corrected chi connectivity index (χ1v) is 9.46. The van der Waals surface area contributed by atoms with Gasteiger partial charge in [-0.2, -0.15) is 0 Å². The Morgan fingerprint density at radius 1 is 1.31 bits per heavy atom. The molecule has 1 N–H and O–H groups in total. The number of hydrogen-bond donors (Lipinski definition) is 1. The lowest BCUT2D eigenvalue weighted by Gasteiger charge is -2.35. The fraction of sp³-hybridized carbons (Fsp3) is 0.650. The van der Waals surface area contributed by atoms with Gasteiger partial charge in [-0.25, -0.2) is 0 Å². The lowest BCUT2D eigenvalue weighted by atomic mass is 10.0. The second-order valence-electron chi connectivity index (χ2n) is 6.46. The van der Waals surface area contributed by atoms with Gasteiger partial charge >= 0.3 is 0 Å². The molecule has 0 aromatic heterocycles. The molecule has 0 spiro atoms. The number of unbranched alkanes of at least 4 members (excludes halogenated alkanes) is 1. The van der Waals surface area contributed by atoms with Crippen LogP contribution in [0.2, 0.25) is 0 Å². The van der Waals surface area contributed by atoms with E-state index in [4.69, 9.17) is 9.47 Å². The first kappa shape index (κ1) is 23.2. The van der Waals surface area contributed by atoms with Crippen molar-refractivity contribution in [3.05, 3.63) is 35.4 Å². The van der Waals surface area contributed by atoms with Crippen molar-refractivity contribution in [1.29, 1.82) is 0 Å². The first-order valence-electron chi connectivity index (χ1n) is 9.46. The van der Waals surface area contributed by atoms with Crippen LogP contribution in [0.15, 0.2) is 29.3 Å². The van der Waals surface area contributed by atoms with Gasteiger partial charge in [0.25, 0.3) is 0 Å². The number of halogens is 1. The van der Waals surface area contributed by atoms with Crippen LogP contribution >= 0.6 is 24.0 Å². The Balaban J connectivity index is 0.00000338. The van der Waals surface area contributed by atoms with Gasteiger partial charge in [-0.1, -0.05) is 37.6 Å². The molecule has 0 amide bonds. The van der Waals surface area contributed by atoms with E-state index in [-0.39, 0.29) is 30.1 Å². The number of morpholine rings is 1. The summed E-state index contributed by atoms with van der Waals surface area (Å²) in [5, 5.41) is 3.46. The van der Waals surface area contributed by atoms with E-state index in [1.165, 1.54) is 17.5 Å². The van der Waals surface area contributed by atoms with E-state index < -0.39 is 0 Å². The van der Waals surface area contributed by atoms with Gasteiger partial charge in [0, 0.05) is 33.4 Å². The lowest BCUT2D eigenvalue weighted by Crippen LogP contribution is -2.48. The van der Waals surface area contributed by atoms with Gasteiger partial charge in [0.2, 0.25) is 0 Å². The Morgan fingerprint density at radius 2 is 2.08 bits per heavy atom. The number of benzene rings is 1. The molecular formula is C20H34IN3O2. The van der Waals surface area contributed by atoms with Crippen molar-refractivity contribution in [1.82, 2.24) is 10.2 Å². The van der Waals surface area contributed by atoms with E-state index >= 15 is 0 Å². The summed E-state index contributed by atoms with van der Waals surface area (Å²) in [5.41, 5.74) is 2.55. The van der Waals surface area contributed by atoms with E-state index in [0.717, 1.165) is 58.3 Å². The normalized spacial score (nSPS) is 17.7. The molecule has 1 unspecified atom stereocenters. The van der Waals surface area contributed by atoms with Crippen molar-refractivity contribution in [2.24, 2.45) is 4.99 Å². The number of rotatable bonds is 8. The van der Waals surface area contributed by atoms with Gasteiger partial charge in [-0.15, -0.1) is 24.0 Å². The molecule has 0 aliphatic carbocycles. The van der Waals surface area contributed by atoms with Crippen LogP contribution in [0.4, 0.5) is 0 Å². The molecule has 1 atom stereocenters. The van der Waals surface area contributed by atoms with Crippen molar-refractivity contribution in [3.63, 3.8) is 0 Å². The number of aliphatic imine (C=N–C) groups is 1. The second-order valence-corrected chi connectivity index (χ2v) is 6.46. The maximum Gasteiger partial charge on any atom is 0.193 e. The van der Waals surface area contributed by atoms with Crippen molar-refractivity contribution in [2.45, 2.75) is 39.2 Å². The predicted octanol–water partition coefficient (Wildman–Crippen LogP) is 3.77. The maximum atomic E-state index is 6.01. The fourth-order valence-corrected chi connectivity index (χ4v) is 3.03. The Hall–Kier alpha value is -0.860. The molecule has 5 nitrogen and oxygen atoms in total. The highest BCUT2D eigenvalue weighted by Gasteiger charge is 2.24. The molecule has 1 aromatic carbocycles. The van der Waals surface area contributed by atoms with Gasteiger partial charge in [0.05, 0.1) is 13.2 Å². The van der Waals surface area contributed by atoms with Gasteiger partial charge in [-0.3, -0.25) is 4.99 Å². The average Bonchev–Trinajstić information content (AvgIpc) is 2.64. The lowest BCUT2D eigenvalue weighted by molar-refractivity contribution is -0.00834. The summed E-state index contributed by atoms with van der Waals surface area (Å²) in [5.74, 6) is 0.954. The molecule has 0 saturated carbocycles. The highest BCUT2D eigenvalue weighted by Crippen LogP contribution is 2.24. The summed E-state index contributed by atoms with van der Waals surface area (Å²) in [7, 11) is 1.85. The third-order valence-corrected chi connectivity index (χ3v) is 4.50. The summed E-state index contributed by atoms with van der Waals surface area (Å²) in [6.45, 7) is 9.30. The summed E-state index contributed by atoms with van der Waals surface area (Å²) in [6.07, 6.45) is 3.42. The van der Waals surface area contributed by atoms with Crippen LogP contribution in [-0.4, -0.2) is 57.4 Å². The molecule has 26 heavy (non-hydrogen) atoms. The number of aryl methyl sites for hydroxylation is 1. The fourth-order valence-electron chi connectivity index (χ4n) is 3.03. The Morgan fingerprint density at radius 3 is 2.81 bits per heavy atom. The van der Waals surface area contributed by atoms with Gasteiger partial charge in [-0.05, 0) is 30.9 Å². The minimum atomic E-state index is 0. The van der Waals surface area contributed by atoms with E-state index in [1.807, 2.05) is 7.05 Å². The van der Waals surface area contributed by atoms with Gasteiger partial charge in [0.15, 0.2) is 5.96 Å². The van der Waals surface area contributed by atoms with Crippen LogP contribution in [0.5, 0.6) is 0 Å². The SMILES string of the molecule is CCCCOCCCNC(=NC)N1CCOC(c2ccccc2C)C1.I. The molecule has 2 rings (SSSR count). The molecule has 1 aromatic rings. The Labute approximate surface area is 175 Å². The smallest absolute Gasteiger partial charge is 0.193 e. The molecule has 1 aliphatic rings. The number of guanidine groups is 1. The van der Waals surface area contributed by atoms with E-state index in [2.05, 4.69) is 53.3 Å². The molecule has 0 radical (unpaired) electrons. The summed E-state index contributed by atoms with van der Waals surface area (Å²) in [6, 6.07) is 8.45. The van der Waals surface area contributed by atoms with Crippen LogP contribution < -0.4 is 5.32 Å². The largest absolute Gasteiger partial charge is 0.381 e. The Bertz CT molecular complexity index is 540. The van der Waals surface area contributed by atoms with E-state index in [1.54, 1.807) is 0 Å². The van der Waals surface area contributed by atoms with Crippen molar-refractivity contribution >= 4 is 29.9 Å². The predicted molar refractivity (Wildman–Crippen MR) is 119 cm³/mol. The summed E-state index contributed by atoms with van der Waals surface area (Å²) in [4.78, 5) is 6.73. The standard InChI is InChI=1S/C20H33N3O2.HI/c1-4-5-13-24-14-8-11-22-20(21-3)23-12-15-25-19(16-23)18-10-7-6-9-17(18)2;/h6-7,9-10,19H,4-5,8,11-16H2,1-3H3,(H,21,22);1H. The average molecular weight is 475 g/mol. The molecular weight excluding hydrogens is 441 g/mol. The summed E-state index contributed by atoms with van der Waals surface area (Å²) >= 11 is 0. The zero-order valence-electron chi connectivity index (χ0n) is 16.4. The van der Waals surface area contributed by atoms with Crippen molar-refractivity contribution < 1.29 is 9.47 Å². The van der Waals surface area contributed by atoms with Crippen molar-refractivity contribution in [2.75, 3.05) is 46.5 Å². The number of hydrogen-bond acceptors (Lipinski definition) is 3. The summed E-state index contributed by atoms with van der Waals surface area (Å²) < 4.78 is 11.6. The second kappa shape index (κ2) is 13.3. The molecule has 1 heterocycles. The molecule has 0 bridgehead atoms. The number of nitrogens with one attached hydrogen (secondary N) is 1. The first-order chi connectivity index (χ1) is 12.3. The quantitative estimate of drug-likeness (QED) is 0.269. The monoisotopic (exact) mass is 475 g/mol. The molecule has 6 heteroatoms. The zero-order valence-corrected chi connectivity index (χ0v) is 18.7. The van der Waals surface area contributed by atoms with Gasteiger partial charge in [0.1, 0.15) is 6.10 Å². The van der Waals surface area contributed by atoms with Crippen LogP contribution in [0.3, 0.4) is 0 Å². The van der Waals surface area contributed by atoms with Crippen LogP contribution in [0, 0.1) is 6.92 Å². The van der Waals surface area contributed by atoms with Crippen LogP contribution in [-0.2, 0) is 9.47 Å². The third-order valence-electron chi connectivity index (χ3n) is 4.50. The number of ether oxygens (including phenoxy) is 2. The number of nitrogens with zero attached hydrogens (tertiary/aromatic N) is 2. The minimum absolute atomic E-state index is 0. The molecule has 148 valence electrons. The molecule has 1 saturated heterocycles. The van der Waals surface area contributed by atoms with Crippen LogP contribution in [0.25, 0.3) is 0 Å². The topological polar surface area (TPSA) is 46.1 Å². The maximum absolute atomic E-state index is 6.01. The molecule has 1 aliphatic heterocycles. The van der Waals surface area contributed by atoms with Crippen molar-refractivity contribution in [3.8, 4) is 0 Å². The zero-order chi connectivity index (χ0) is 17.9. The van der Waals surface area contributed by atoms with Gasteiger partial charge < -0.3 is 19.7 Å².